The molecule has 0 N–H and O–H groups in total. The van der Waals surface area contributed by atoms with E-state index in [-0.39, 0.29) is 11.9 Å². The van der Waals surface area contributed by atoms with E-state index in [0.29, 0.717) is 0 Å². The third-order valence-electron chi connectivity index (χ3n) is 1.77. The Bertz CT molecular complexity index is 461. The maximum Gasteiger partial charge on any atom is 0.364 e. The molecule has 1 rings (SSSR count). The van der Waals surface area contributed by atoms with Gasteiger partial charge < -0.3 is 14.2 Å². The van der Waals surface area contributed by atoms with E-state index in [1.165, 1.54) is 14.2 Å². The average Bonchev–Trinajstić information content (AvgIpc) is 2.35. The Kier molecular flexibility index (Phi) is 3.75. The molecular formula is C8H9N3O6. The van der Waals surface area contributed by atoms with E-state index >= 15 is 0 Å². The molecular weight excluding hydrogens is 234 g/mol. The van der Waals surface area contributed by atoms with E-state index in [1.54, 1.807) is 0 Å². The molecule has 0 radical (unpaired) electrons. The molecule has 0 saturated carbocycles. The fourth-order valence-electron chi connectivity index (χ4n) is 1.05. The van der Waals surface area contributed by atoms with Gasteiger partial charge in [0, 0.05) is 0 Å². The van der Waals surface area contributed by atoms with E-state index in [9.17, 15) is 14.9 Å². The van der Waals surface area contributed by atoms with Crippen molar-refractivity contribution in [1.29, 1.82) is 0 Å². The first-order valence-electron chi connectivity index (χ1n) is 4.27. The van der Waals surface area contributed by atoms with E-state index in [2.05, 4.69) is 14.7 Å². The molecule has 0 fully saturated rings. The molecule has 17 heavy (non-hydrogen) atoms. The van der Waals surface area contributed by atoms with E-state index in [1.807, 2.05) is 0 Å². The molecule has 0 aliphatic heterocycles. The lowest BCUT2D eigenvalue weighted by Crippen LogP contribution is -2.12. The number of rotatable bonds is 4. The minimum Gasteiger partial charge on any atom is -0.476 e. The molecule has 0 aromatic carbocycles. The lowest BCUT2D eigenvalue weighted by atomic mass is 10.3. The molecule has 1 aromatic rings. The first-order chi connectivity index (χ1) is 8.04. The summed E-state index contributed by atoms with van der Waals surface area (Å²) in [5.41, 5.74) is -1.19. The summed E-state index contributed by atoms with van der Waals surface area (Å²) >= 11 is 0. The quantitative estimate of drug-likeness (QED) is 0.418. The van der Waals surface area contributed by atoms with Crippen LogP contribution >= 0.6 is 0 Å². The zero-order valence-electron chi connectivity index (χ0n) is 9.29. The van der Waals surface area contributed by atoms with Gasteiger partial charge in [-0.25, -0.2) is 4.79 Å². The minimum atomic E-state index is -0.976. The number of hydrogen-bond donors (Lipinski definition) is 0. The maximum atomic E-state index is 11.3. The predicted molar refractivity (Wildman–Crippen MR) is 53.1 cm³/mol. The van der Waals surface area contributed by atoms with Crippen LogP contribution in [-0.2, 0) is 4.74 Å². The van der Waals surface area contributed by atoms with E-state index < -0.39 is 22.3 Å². The van der Waals surface area contributed by atoms with Gasteiger partial charge in [0.1, 0.15) is 0 Å². The Balaban J connectivity index is 3.51. The Hall–Kier alpha value is -2.45. The van der Waals surface area contributed by atoms with Gasteiger partial charge in [-0.05, 0) is 0 Å². The summed E-state index contributed by atoms with van der Waals surface area (Å²) in [5, 5.41) is 10.8. The minimum absolute atomic E-state index is 0.229. The van der Waals surface area contributed by atoms with Crippen molar-refractivity contribution in [2.75, 3.05) is 21.3 Å². The van der Waals surface area contributed by atoms with Crippen LogP contribution in [0.2, 0.25) is 0 Å². The van der Waals surface area contributed by atoms with Gasteiger partial charge in [-0.1, -0.05) is 0 Å². The number of nitro groups is 1. The number of carbonyl (C=O) groups excluding carboxylic acids is 1. The van der Waals surface area contributed by atoms with Crippen molar-refractivity contribution in [3.8, 4) is 11.9 Å². The van der Waals surface area contributed by atoms with Gasteiger partial charge in [0.05, 0.1) is 26.3 Å². The Labute approximate surface area is 95.5 Å². The Morgan fingerprint density at radius 2 is 1.88 bits per heavy atom. The molecule has 0 aliphatic carbocycles. The summed E-state index contributed by atoms with van der Waals surface area (Å²) in [6, 6.07) is -0.229. The third kappa shape index (κ3) is 2.38. The number of carbonyl (C=O) groups is 1. The van der Waals surface area contributed by atoms with Gasteiger partial charge in [-0.2, -0.15) is 9.97 Å². The molecule has 9 nitrogen and oxygen atoms in total. The molecule has 0 atom stereocenters. The first kappa shape index (κ1) is 12.6. The van der Waals surface area contributed by atoms with E-state index in [0.717, 1.165) is 7.11 Å². The Morgan fingerprint density at radius 3 is 2.29 bits per heavy atom. The monoisotopic (exact) mass is 243 g/mol. The van der Waals surface area contributed by atoms with Crippen molar-refractivity contribution < 1.29 is 23.9 Å². The van der Waals surface area contributed by atoms with Gasteiger partial charge in [-0.15, -0.1) is 0 Å². The number of hydrogen-bond acceptors (Lipinski definition) is 8. The highest BCUT2D eigenvalue weighted by Crippen LogP contribution is 2.29. The largest absolute Gasteiger partial charge is 0.476 e. The molecule has 9 heteroatoms. The van der Waals surface area contributed by atoms with Crippen LogP contribution in [0, 0.1) is 10.1 Å². The highest BCUT2D eigenvalue weighted by atomic mass is 16.6. The standard InChI is InChI=1S/C8H9N3O6/c1-15-6-5(11(13)14)4(7(12)16-2)9-8(10-6)17-3/h1-3H3. The molecule has 0 aliphatic rings. The first-order valence-corrected chi connectivity index (χ1v) is 4.27. The van der Waals surface area contributed by atoms with Crippen molar-refractivity contribution in [3.63, 3.8) is 0 Å². The number of methoxy groups -OCH3 is 3. The molecule has 92 valence electrons. The zero-order valence-corrected chi connectivity index (χ0v) is 9.29. The van der Waals surface area contributed by atoms with Gasteiger partial charge in [-0.3, -0.25) is 10.1 Å². The SMILES string of the molecule is COC(=O)c1nc(OC)nc(OC)c1[N+](=O)[O-]. The van der Waals surface area contributed by atoms with Gasteiger partial charge >= 0.3 is 23.5 Å². The summed E-state index contributed by atoms with van der Waals surface area (Å²) in [6.45, 7) is 0. The van der Waals surface area contributed by atoms with Gasteiger partial charge in [0.2, 0.25) is 5.69 Å². The number of ether oxygens (including phenoxy) is 3. The van der Waals surface area contributed by atoms with Crippen molar-refractivity contribution in [1.82, 2.24) is 9.97 Å². The summed E-state index contributed by atoms with van der Waals surface area (Å²) in [4.78, 5) is 28.5. The summed E-state index contributed by atoms with van der Waals surface area (Å²) in [6.07, 6.45) is 0. The van der Waals surface area contributed by atoms with E-state index in [4.69, 9.17) is 9.47 Å². The van der Waals surface area contributed by atoms with Crippen molar-refractivity contribution >= 4 is 11.7 Å². The lowest BCUT2D eigenvalue weighted by Gasteiger charge is -2.06. The van der Waals surface area contributed by atoms with Crippen LogP contribution < -0.4 is 9.47 Å². The van der Waals surface area contributed by atoms with Crippen LogP contribution in [0.1, 0.15) is 10.5 Å². The number of nitrogens with zero attached hydrogens (tertiary/aromatic N) is 3. The van der Waals surface area contributed by atoms with Crippen molar-refractivity contribution in [2.45, 2.75) is 0 Å². The smallest absolute Gasteiger partial charge is 0.364 e. The maximum absolute atomic E-state index is 11.3. The Morgan fingerprint density at radius 1 is 1.24 bits per heavy atom. The van der Waals surface area contributed by atoms with Crippen LogP contribution in [0.25, 0.3) is 0 Å². The molecule has 0 amide bonds. The van der Waals surface area contributed by atoms with Crippen LogP contribution in [0.15, 0.2) is 0 Å². The lowest BCUT2D eigenvalue weighted by molar-refractivity contribution is -0.386. The highest BCUT2D eigenvalue weighted by Gasteiger charge is 2.31. The molecule has 0 unspecified atom stereocenters. The second-order valence-corrected chi connectivity index (χ2v) is 2.67. The highest BCUT2D eigenvalue weighted by molar-refractivity contribution is 5.92. The summed E-state index contributed by atoms with van der Waals surface area (Å²) < 4.78 is 13.8. The molecule has 0 bridgehead atoms. The van der Waals surface area contributed by atoms with Crippen molar-refractivity contribution in [3.05, 3.63) is 15.8 Å². The molecule has 1 heterocycles. The van der Waals surface area contributed by atoms with Gasteiger partial charge in [0.15, 0.2) is 0 Å². The number of esters is 1. The average molecular weight is 243 g/mol. The van der Waals surface area contributed by atoms with Crippen LogP contribution in [0.4, 0.5) is 5.69 Å². The zero-order chi connectivity index (χ0) is 13.0. The van der Waals surface area contributed by atoms with Crippen molar-refractivity contribution in [2.24, 2.45) is 0 Å². The summed E-state index contributed by atoms with van der Waals surface area (Å²) in [5.74, 6) is -1.35. The summed E-state index contributed by atoms with van der Waals surface area (Å²) in [7, 11) is 3.50. The predicted octanol–water partition coefficient (Wildman–Crippen LogP) is 0.189. The van der Waals surface area contributed by atoms with Crippen LogP contribution in [0.3, 0.4) is 0 Å². The fourth-order valence-corrected chi connectivity index (χ4v) is 1.05. The molecule has 1 aromatic heterocycles. The normalized spacial score (nSPS) is 9.59. The second-order valence-electron chi connectivity index (χ2n) is 2.67. The molecule has 0 saturated heterocycles. The van der Waals surface area contributed by atoms with Crippen LogP contribution in [-0.4, -0.2) is 42.2 Å². The molecule has 0 spiro atoms. The van der Waals surface area contributed by atoms with Crippen LogP contribution in [0.5, 0.6) is 11.9 Å². The van der Waals surface area contributed by atoms with Gasteiger partial charge in [0.25, 0.3) is 0 Å². The fraction of sp³-hybridized carbons (Fsp3) is 0.375. The topological polar surface area (TPSA) is 114 Å². The number of aromatic nitrogens is 2. The third-order valence-corrected chi connectivity index (χ3v) is 1.77. The second kappa shape index (κ2) is 5.05.